The molecule has 0 amide bonds. The Morgan fingerprint density at radius 2 is 0.933 bits per heavy atom. The number of thiocarbonyl (C=S) groups is 2. The van der Waals surface area contributed by atoms with Gasteiger partial charge in [0.15, 0.2) is 0 Å². The molecule has 0 aromatic heterocycles. The number of benzene rings is 2. The molecular weight excluding hydrogens is 485 g/mol. The van der Waals surface area contributed by atoms with E-state index in [-0.39, 0.29) is 0 Å². The van der Waals surface area contributed by atoms with Gasteiger partial charge in [-0.1, -0.05) is 121 Å². The van der Waals surface area contributed by atoms with Crippen LogP contribution in [-0.4, -0.2) is 58.1 Å². The molecule has 30 heavy (non-hydrogen) atoms. The minimum Gasteiger partial charge on any atom is -0.363 e. The molecule has 2 rings (SSSR count). The monoisotopic (exact) mass is 516 g/mol. The Morgan fingerprint density at radius 3 is 1.17 bits per heavy atom. The average Bonchev–Trinajstić information content (AvgIpc) is 2.77. The first-order chi connectivity index (χ1) is 14.3. The van der Waals surface area contributed by atoms with Crippen LogP contribution in [0.15, 0.2) is 60.7 Å². The van der Waals surface area contributed by atoms with Gasteiger partial charge >= 0.3 is 0 Å². The van der Waals surface area contributed by atoms with Crippen LogP contribution in [0.2, 0.25) is 0 Å². The fourth-order valence-electron chi connectivity index (χ4n) is 1.65. The summed E-state index contributed by atoms with van der Waals surface area (Å²) in [4.78, 5) is 3.79. The Bertz CT molecular complexity index is 632. The first kappa shape index (κ1) is 29.6. The van der Waals surface area contributed by atoms with Crippen molar-refractivity contribution in [1.82, 2.24) is 9.80 Å². The maximum atomic E-state index is 5.07. The molecule has 0 aliphatic carbocycles. The molecule has 0 saturated heterocycles. The molecule has 0 radical (unpaired) electrons. The van der Waals surface area contributed by atoms with Gasteiger partial charge in [-0.05, 0) is 32.7 Å². The fourth-order valence-corrected chi connectivity index (χ4v) is 5.36. The Balaban J connectivity index is 0.000000447. The van der Waals surface area contributed by atoms with Gasteiger partial charge in [-0.2, -0.15) is 0 Å². The standard InChI is InChI=1S/C12H10.C6H12N2S4.C4H10S2/c1-3-7-11(8-4-1)12-9-5-2-6-10-12;1-7(2)5(9)11-12-6(10)8(3)4;1-3-5-6-4-2/h1-10H;1-4H3;3-4H2,1-2H3. The first-order valence-electron chi connectivity index (χ1n) is 9.45. The highest BCUT2D eigenvalue weighted by molar-refractivity contribution is 8.89. The SMILES string of the molecule is CCSSCC.CN(C)C(=S)SSC(=S)N(C)C.c1ccc(-c2ccccc2)cc1. The molecule has 0 N–H and O–H groups in total. The van der Waals surface area contributed by atoms with Crippen molar-refractivity contribution in [3.8, 4) is 11.1 Å². The molecule has 8 heteroatoms. The van der Waals surface area contributed by atoms with Crippen molar-refractivity contribution in [3.63, 3.8) is 0 Å². The normalized spacial score (nSPS) is 9.40. The number of hydrogen-bond acceptors (Lipinski definition) is 6. The molecule has 0 fully saturated rings. The van der Waals surface area contributed by atoms with Crippen molar-refractivity contribution in [2.45, 2.75) is 13.8 Å². The van der Waals surface area contributed by atoms with Gasteiger partial charge in [0.1, 0.15) is 8.64 Å². The predicted octanol–water partition coefficient (Wildman–Crippen LogP) is 7.82. The van der Waals surface area contributed by atoms with E-state index < -0.39 is 0 Å². The number of nitrogens with zero attached hydrogens (tertiary/aromatic N) is 2. The van der Waals surface area contributed by atoms with Crippen LogP contribution in [0.3, 0.4) is 0 Å². The smallest absolute Gasteiger partial charge is 0.146 e. The molecule has 2 nitrogen and oxygen atoms in total. The van der Waals surface area contributed by atoms with Crippen molar-refractivity contribution in [2.75, 3.05) is 39.7 Å². The zero-order valence-electron chi connectivity index (χ0n) is 18.5. The van der Waals surface area contributed by atoms with Crippen LogP contribution in [0.5, 0.6) is 0 Å². The lowest BCUT2D eigenvalue weighted by Gasteiger charge is -2.15. The first-order valence-corrected chi connectivity index (χ1v) is 14.9. The molecule has 0 spiro atoms. The maximum absolute atomic E-state index is 5.07. The van der Waals surface area contributed by atoms with Gasteiger partial charge in [0.25, 0.3) is 0 Å². The van der Waals surface area contributed by atoms with E-state index in [1.165, 1.54) is 44.2 Å². The van der Waals surface area contributed by atoms with Gasteiger partial charge in [-0.15, -0.1) is 0 Å². The van der Waals surface area contributed by atoms with E-state index in [0.717, 1.165) is 8.64 Å². The number of rotatable bonds is 4. The zero-order chi connectivity index (χ0) is 22.8. The number of hydrogen-bond donors (Lipinski definition) is 0. The lowest BCUT2D eigenvalue weighted by atomic mass is 10.1. The molecule has 0 heterocycles. The second-order valence-corrected chi connectivity index (χ2v) is 12.5. The van der Waals surface area contributed by atoms with Gasteiger partial charge in [-0.3, -0.25) is 0 Å². The summed E-state index contributed by atoms with van der Waals surface area (Å²) in [6.45, 7) is 4.35. The van der Waals surface area contributed by atoms with Crippen LogP contribution >= 0.6 is 67.6 Å². The fraction of sp³-hybridized carbons (Fsp3) is 0.364. The highest BCUT2D eigenvalue weighted by Crippen LogP contribution is 2.26. The molecule has 2 aromatic carbocycles. The highest BCUT2D eigenvalue weighted by Gasteiger charge is 2.05. The van der Waals surface area contributed by atoms with Crippen LogP contribution in [0, 0.1) is 0 Å². The minimum atomic E-state index is 0.837. The lowest BCUT2D eigenvalue weighted by molar-refractivity contribution is 0.647. The Hall–Kier alpha value is -0.380. The third-order valence-corrected chi connectivity index (χ3v) is 9.83. The molecule has 0 bridgehead atoms. The summed E-state index contributed by atoms with van der Waals surface area (Å²) in [5, 5.41) is 0. The second kappa shape index (κ2) is 19.3. The molecule has 0 aliphatic heterocycles. The predicted molar refractivity (Wildman–Crippen MR) is 156 cm³/mol. The van der Waals surface area contributed by atoms with Crippen molar-refractivity contribution < 1.29 is 0 Å². The van der Waals surface area contributed by atoms with E-state index in [4.69, 9.17) is 24.4 Å². The van der Waals surface area contributed by atoms with E-state index in [0.29, 0.717) is 0 Å². The largest absolute Gasteiger partial charge is 0.363 e. The van der Waals surface area contributed by atoms with Crippen molar-refractivity contribution >= 4 is 76.3 Å². The quantitative estimate of drug-likeness (QED) is 0.227. The van der Waals surface area contributed by atoms with Gasteiger partial charge in [0.2, 0.25) is 0 Å². The lowest BCUT2D eigenvalue weighted by Crippen LogP contribution is -2.18. The third-order valence-electron chi connectivity index (χ3n) is 3.11. The van der Waals surface area contributed by atoms with Gasteiger partial charge < -0.3 is 9.80 Å². The van der Waals surface area contributed by atoms with Crippen molar-refractivity contribution in [3.05, 3.63) is 60.7 Å². The summed E-state index contributed by atoms with van der Waals surface area (Å²) < 4.78 is 1.67. The molecule has 0 saturated carbocycles. The third kappa shape index (κ3) is 15.4. The second-order valence-electron chi connectivity index (χ2n) is 6.03. The molecular formula is C22H32N2S6. The topological polar surface area (TPSA) is 6.48 Å². The molecule has 0 atom stereocenters. The van der Waals surface area contributed by atoms with Crippen LogP contribution < -0.4 is 0 Å². The summed E-state index contributed by atoms with van der Waals surface area (Å²) in [6, 6.07) is 20.8. The van der Waals surface area contributed by atoms with Gasteiger partial charge in [-0.25, -0.2) is 0 Å². The Morgan fingerprint density at radius 1 is 0.633 bits per heavy atom. The maximum Gasteiger partial charge on any atom is 0.146 e. The van der Waals surface area contributed by atoms with E-state index >= 15 is 0 Å². The minimum absolute atomic E-state index is 0.837. The summed E-state index contributed by atoms with van der Waals surface area (Å²) in [5.74, 6) is 2.47. The van der Waals surface area contributed by atoms with Crippen LogP contribution in [-0.2, 0) is 0 Å². The van der Waals surface area contributed by atoms with Gasteiger partial charge in [0.05, 0.1) is 0 Å². The average molecular weight is 517 g/mol. The van der Waals surface area contributed by atoms with Crippen molar-refractivity contribution in [1.29, 1.82) is 0 Å². The van der Waals surface area contributed by atoms with Crippen LogP contribution in [0.4, 0.5) is 0 Å². The van der Waals surface area contributed by atoms with Gasteiger partial charge in [0, 0.05) is 39.7 Å². The Labute approximate surface area is 210 Å². The van der Waals surface area contributed by atoms with E-state index in [1.54, 1.807) is 0 Å². The zero-order valence-corrected chi connectivity index (χ0v) is 23.4. The van der Waals surface area contributed by atoms with E-state index in [9.17, 15) is 0 Å². The molecule has 0 aliphatic rings. The molecule has 2 aromatic rings. The van der Waals surface area contributed by atoms with E-state index in [1.807, 2.05) is 71.7 Å². The Kier molecular flexibility index (Phi) is 19.1. The summed E-state index contributed by atoms with van der Waals surface area (Å²) >= 11 is 10.1. The molecule has 0 unspecified atom stereocenters. The van der Waals surface area contributed by atoms with Crippen LogP contribution in [0.25, 0.3) is 11.1 Å². The van der Waals surface area contributed by atoms with Crippen molar-refractivity contribution in [2.24, 2.45) is 0 Å². The summed E-state index contributed by atoms with van der Waals surface area (Å²) in [7, 11) is 14.6. The van der Waals surface area contributed by atoms with E-state index in [2.05, 4.69) is 62.4 Å². The summed E-state index contributed by atoms with van der Waals surface area (Å²) in [5.41, 5.74) is 2.55. The summed E-state index contributed by atoms with van der Waals surface area (Å²) in [6.07, 6.45) is 0. The highest BCUT2D eigenvalue weighted by atomic mass is 33.1. The van der Waals surface area contributed by atoms with Crippen LogP contribution in [0.1, 0.15) is 13.8 Å². The molecule has 166 valence electrons.